The zero-order chi connectivity index (χ0) is 17.4. The molecule has 0 unspecified atom stereocenters. The summed E-state index contributed by atoms with van der Waals surface area (Å²) in [6.45, 7) is 1.31. The number of phenolic OH excluding ortho intramolecular Hbond substituents is 1. The maximum absolute atomic E-state index is 12.3. The Balaban J connectivity index is 1.39. The molecule has 0 aliphatic carbocycles. The largest absolute Gasteiger partial charge is 0.508 e. The van der Waals surface area contributed by atoms with Crippen molar-refractivity contribution in [1.82, 2.24) is 4.98 Å². The van der Waals surface area contributed by atoms with E-state index >= 15 is 0 Å². The van der Waals surface area contributed by atoms with Crippen LogP contribution in [-0.2, 0) is 4.79 Å². The van der Waals surface area contributed by atoms with Gasteiger partial charge in [-0.25, -0.2) is 4.98 Å². The molecule has 1 aliphatic rings. The lowest BCUT2D eigenvalue weighted by Gasteiger charge is -2.37. The molecule has 25 heavy (non-hydrogen) atoms. The van der Waals surface area contributed by atoms with E-state index in [1.54, 1.807) is 42.7 Å². The Labute approximate surface area is 148 Å². The predicted molar refractivity (Wildman–Crippen MR) is 98.6 cm³/mol. The molecule has 0 bridgehead atoms. The van der Waals surface area contributed by atoms with Crippen LogP contribution < -0.4 is 15.0 Å². The highest BCUT2D eigenvalue weighted by Gasteiger charge is 2.34. The number of benzene rings is 2. The fourth-order valence-corrected chi connectivity index (χ4v) is 3.71. The van der Waals surface area contributed by atoms with Crippen LogP contribution in [0.5, 0.6) is 11.5 Å². The average Bonchev–Trinajstić information content (AvgIpc) is 2.98. The second-order valence-corrected chi connectivity index (χ2v) is 6.98. The molecule has 0 spiro atoms. The Hall–Kier alpha value is -2.80. The van der Waals surface area contributed by atoms with Gasteiger partial charge in [0.1, 0.15) is 11.5 Å². The number of carbonyl (C=O) groups excluding carboxylic acids is 1. The number of hydrogen-bond donors (Lipinski definition) is 2. The Morgan fingerprint density at radius 2 is 2.04 bits per heavy atom. The molecule has 1 fully saturated rings. The molecule has 0 saturated carbocycles. The number of rotatable bonds is 4. The van der Waals surface area contributed by atoms with Gasteiger partial charge in [-0.2, -0.15) is 0 Å². The average molecular weight is 355 g/mol. The van der Waals surface area contributed by atoms with Crippen molar-refractivity contribution in [1.29, 1.82) is 0 Å². The molecule has 0 radical (unpaired) electrons. The minimum Gasteiger partial charge on any atom is -0.508 e. The van der Waals surface area contributed by atoms with Crippen LogP contribution >= 0.6 is 11.3 Å². The van der Waals surface area contributed by atoms with Crippen molar-refractivity contribution in [3.8, 4) is 11.5 Å². The van der Waals surface area contributed by atoms with Gasteiger partial charge in [0, 0.05) is 24.8 Å². The number of phenols is 1. The number of nitrogens with zero attached hydrogens (tertiary/aromatic N) is 2. The molecule has 2 aromatic carbocycles. The van der Waals surface area contributed by atoms with Crippen molar-refractivity contribution >= 4 is 38.3 Å². The van der Waals surface area contributed by atoms with Crippen LogP contribution in [-0.4, -0.2) is 36.2 Å². The van der Waals surface area contributed by atoms with E-state index in [1.807, 2.05) is 18.2 Å². The molecule has 7 heteroatoms. The maximum atomic E-state index is 12.3. The third kappa shape index (κ3) is 3.10. The van der Waals surface area contributed by atoms with Crippen LogP contribution in [0.2, 0.25) is 0 Å². The van der Waals surface area contributed by atoms with Crippen molar-refractivity contribution in [3.63, 3.8) is 0 Å². The summed E-state index contributed by atoms with van der Waals surface area (Å²) in [5.41, 5.74) is 1.60. The monoisotopic (exact) mass is 355 g/mol. The standard InChI is InChI=1S/C18H17N3O3S/c1-24-14-6-7-16-15(8-14)20-18(25-16)21-9-11(10-21)17(23)19-12-2-4-13(22)5-3-12/h2-8,11,22H,9-10H2,1H3,(H,19,23). The second-order valence-electron chi connectivity index (χ2n) is 5.97. The number of aromatic hydroxyl groups is 1. The lowest BCUT2D eigenvalue weighted by Crippen LogP contribution is -2.52. The van der Waals surface area contributed by atoms with Crippen LogP contribution in [0.25, 0.3) is 10.2 Å². The molecular formula is C18H17N3O3S. The summed E-state index contributed by atoms with van der Waals surface area (Å²) < 4.78 is 6.33. The van der Waals surface area contributed by atoms with Crippen LogP contribution in [0.3, 0.4) is 0 Å². The highest BCUT2D eigenvalue weighted by atomic mass is 32.1. The summed E-state index contributed by atoms with van der Waals surface area (Å²) in [6.07, 6.45) is 0. The second kappa shape index (κ2) is 6.25. The molecule has 128 valence electrons. The molecule has 6 nitrogen and oxygen atoms in total. The van der Waals surface area contributed by atoms with E-state index in [0.29, 0.717) is 18.8 Å². The third-order valence-electron chi connectivity index (χ3n) is 4.24. The smallest absolute Gasteiger partial charge is 0.231 e. The lowest BCUT2D eigenvalue weighted by atomic mass is 10.00. The summed E-state index contributed by atoms with van der Waals surface area (Å²) in [6, 6.07) is 12.3. The number of hydrogen-bond acceptors (Lipinski definition) is 6. The lowest BCUT2D eigenvalue weighted by molar-refractivity contribution is -0.120. The van der Waals surface area contributed by atoms with Gasteiger partial charge < -0.3 is 20.1 Å². The number of aromatic nitrogens is 1. The quantitative estimate of drug-likeness (QED) is 0.704. The Kier molecular flexibility index (Phi) is 3.93. The van der Waals surface area contributed by atoms with Crippen molar-refractivity contribution in [2.24, 2.45) is 5.92 Å². The van der Waals surface area contributed by atoms with E-state index in [4.69, 9.17) is 4.74 Å². The number of ether oxygens (including phenoxy) is 1. The Bertz CT molecular complexity index is 917. The van der Waals surface area contributed by atoms with E-state index in [0.717, 1.165) is 21.1 Å². The van der Waals surface area contributed by atoms with Gasteiger partial charge in [-0.15, -0.1) is 0 Å². The molecule has 2 N–H and O–H groups in total. The van der Waals surface area contributed by atoms with Gasteiger partial charge in [0.25, 0.3) is 0 Å². The van der Waals surface area contributed by atoms with E-state index in [1.165, 1.54) is 0 Å². The first-order valence-corrected chi connectivity index (χ1v) is 8.73. The van der Waals surface area contributed by atoms with Gasteiger partial charge in [-0.05, 0) is 36.4 Å². The molecule has 1 aromatic heterocycles. The first-order chi connectivity index (χ1) is 12.1. The van der Waals surface area contributed by atoms with E-state index < -0.39 is 0 Å². The third-order valence-corrected chi connectivity index (χ3v) is 5.34. The first-order valence-electron chi connectivity index (χ1n) is 7.92. The van der Waals surface area contributed by atoms with Crippen LogP contribution in [0.4, 0.5) is 10.8 Å². The minimum absolute atomic E-state index is 0.00952. The van der Waals surface area contributed by atoms with Gasteiger partial charge >= 0.3 is 0 Å². The summed E-state index contributed by atoms with van der Waals surface area (Å²) in [7, 11) is 1.64. The summed E-state index contributed by atoms with van der Waals surface area (Å²) in [4.78, 5) is 19.0. The zero-order valence-corrected chi connectivity index (χ0v) is 14.4. The normalized spacial score (nSPS) is 14.4. The molecule has 1 aliphatic heterocycles. The zero-order valence-electron chi connectivity index (χ0n) is 13.6. The Morgan fingerprint density at radius 3 is 2.76 bits per heavy atom. The van der Waals surface area contributed by atoms with E-state index in [9.17, 15) is 9.90 Å². The first kappa shape index (κ1) is 15.7. The maximum Gasteiger partial charge on any atom is 0.231 e. The van der Waals surface area contributed by atoms with Crippen LogP contribution in [0.15, 0.2) is 42.5 Å². The summed E-state index contributed by atoms with van der Waals surface area (Å²) in [5, 5.41) is 13.1. The van der Waals surface area contributed by atoms with E-state index in [-0.39, 0.29) is 17.6 Å². The summed E-state index contributed by atoms with van der Waals surface area (Å²) in [5.74, 6) is 0.902. The number of methoxy groups -OCH3 is 1. The highest BCUT2D eigenvalue weighted by Crippen LogP contribution is 2.34. The van der Waals surface area contributed by atoms with Gasteiger partial charge in [0.2, 0.25) is 5.91 Å². The molecule has 3 aromatic rings. The number of nitrogens with one attached hydrogen (secondary N) is 1. The number of fused-ring (bicyclic) bond motifs is 1. The molecule has 2 heterocycles. The fraction of sp³-hybridized carbons (Fsp3) is 0.222. The number of anilines is 2. The van der Waals surface area contributed by atoms with Crippen molar-refractivity contribution in [2.45, 2.75) is 0 Å². The molecular weight excluding hydrogens is 338 g/mol. The minimum atomic E-state index is -0.0599. The molecule has 1 amide bonds. The number of thiazole rings is 1. The molecule has 4 rings (SSSR count). The molecule has 1 saturated heterocycles. The number of amides is 1. The number of carbonyl (C=O) groups is 1. The van der Waals surface area contributed by atoms with Gasteiger partial charge in [-0.3, -0.25) is 4.79 Å². The van der Waals surface area contributed by atoms with Crippen molar-refractivity contribution in [2.75, 3.05) is 30.4 Å². The predicted octanol–water partition coefficient (Wildman–Crippen LogP) is 3.09. The van der Waals surface area contributed by atoms with Gasteiger partial charge in [0.15, 0.2) is 5.13 Å². The van der Waals surface area contributed by atoms with Gasteiger partial charge in [-0.1, -0.05) is 11.3 Å². The SMILES string of the molecule is COc1ccc2sc(N3CC(C(=O)Nc4ccc(O)cc4)C3)nc2c1. The van der Waals surface area contributed by atoms with Gasteiger partial charge in [0.05, 0.1) is 23.2 Å². The van der Waals surface area contributed by atoms with Crippen LogP contribution in [0, 0.1) is 5.92 Å². The van der Waals surface area contributed by atoms with Crippen molar-refractivity contribution in [3.05, 3.63) is 42.5 Å². The topological polar surface area (TPSA) is 74.7 Å². The molecule has 0 atom stereocenters. The highest BCUT2D eigenvalue weighted by molar-refractivity contribution is 7.22. The van der Waals surface area contributed by atoms with Crippen LogP contribution in [0.1, 0.15) is 0 Å². The summed E-state index contributed by atoms with van der Waals surface area (Å²) >= 11 is 1.62. The van der Waals surface area contributed by atoms with Crippen molar-refractivity contribution < 1.29 is 14.6 Å². The Morgan fingerprint density at radius 1 is 1.28 bits per heavy atom. The fourth-order valence-electron chi connectivity index (χ4n) is 2.75. The van der Waals surface area contributed by atoms with E-state index in [2.05, 4.69) is 15.2 Å².